The van der Waals surface area contributed by atoms with E-state index in [1.165, 1.54) is 0 Å². The smallest absolute Gasteiger partial charge is 0.123 e. The molecule has 0 unspecified atom stereocenters. The summed E-state index contributed by atoms with van der Waals surface area (Å²) in [6.07, 6.45) is 1.90. The molecule has 0 aliphatic rings. The van der Waals surface area contributed by atoms with Crippen molar-refractivity contribution in [2.75, 3.05) is 0 Å². The molecule has 5 nitrogen and oxygen atoms in total. The van der Waals surface area contributed by atoms with Gasteiger partial charge >= 0.3 is 0 Å². The highest BCUT2D eigenvalue weighted by Crippen LogP contribution is 2.31. The molecule has 2 aromatic carbocycles. The van der Waals surface area contributed by atoms with Crippen LogP contribution in [0.15, 0.2) is 48.7 Å². The third-order valence-electron chi connectivity index (χ3n) is 3.50. The van der Waals surface area contributed by atoms with Crippen molar-refractivity contribution in [3.63, 3.8) is 0 Å². The molecule has 0 aliphatic heterocycles. The number of fused-ring (bicyclic) bond motifs is 1. The van der Waals surface area contributed by atoms with Gasteiger partial charge < -0.3 is 16.5 Å². The van der Waals surface area contributed by atoms with E-state index in [0.717, 1.165) is 22.0 Å². The number of benzene rings is 2. The van der Waals surface area contributed by atoms with Crippen LogP contribution in [0.5, 0.6) is 0 Å². The molecule has 0 spiro atoms. The average Bonchev–Trinajstić information content (AvgIpc) is 2.90. The molecule has 0 fully saturated rings. The summed E-state index contributed by atoms with van der Waals surface area (Å²) in [5.74, 6) is -0.0821. The minimum absolute atomic E-state index is 0.0389. The predicted octanol–water partition coefficient (Wildman–Crippen LogP) is 2.40. The molecule has 0 saturated heterocycles. The molecular formula is C16H15N5. The Balaban J connectivity index is 2.27. The van der Waals surface area contributed by atoms with Crippen molar-refractivity contribution in [1.82, 2.24) is 4.98 Å². The van der Waals surface area contributed by atoms with E-state index in [1.54, 1.807) is 12.1 Å². The Morgan fingerprint density at radius 1 is 0.905 bits per heavy atom. The fourth-order valence-electron chi connectivity index (χ4n) is 2.46. The van der Waals surface area contributed by atoms with Crippen LogP contribution in [0.25, 0.3) is 22.0 Å². The summed E-state index contributed by atoms with van der Waals surface area (Å²) in [6, 6.07) is 13.3. The van der Waals surface area contributed by atoms with Crippen LogP contribution in [0.3, 0.4) is 0 Å². The average molecular weight is 277 g/mol. The monoisotopic (exact) mass is 277 g/mol. The van der Waals surface area contributed by atoms with E-state index >= 15 is 0 Å². The zero-order valence-corrected chi connectivity index (χ0v) is 11.3. The van der Waals surface area contributed by atoms with E-state index in [2.05, 4.69) is 4.98 Å². The maximum absolute atomic E-state index is 7.78. The number of rotatable bonds is 3. The predicted molar refractivity (Wildman–Crippen MR) is 85.8 cm³/mol. The minimum Gasteiger partial charge on any atom is -0.384 e. The first-order valence-corrected chi connectivity index (χ1v) is 6.47. The van der Waals surface area contributed by atoms with Crippen LogP contribution in [-0.4, -0.2) is 16.7 Å². The lowest BCUT2D eigenvalue weighted by Crippen LogP contribution is -2.16. The number of aromatic nitrogens is 1. The van der Waals surface area contributed by atoms with Gasteiger partial charge in [-0.15, -0.1) is 0 Å². The summed E-state index contributed by atoms with van der Waals surface area (Å²) in [5, 5.41) is 16.4. The van der Waals surface area contributed by atoms with E-state index < -0.39 is 0 Å². The zero-order valence-electron chi connectivity index (χ0n) is 11.3. The fraction of sp³-hybridized carbons (Fsp3) is 0. The highest BCUT2D eigenvalue weighted by atomic mass is 14.7. The Kier molecular flexibility index (Phi) is 2.95. The minimum atomic E-state index is -0.0432. The summed E-state index contributed by atoms with van der Waals surface area (Å²) < 4.78 is 0. The van der Waals surface area contributed by atoms with Crippen LogP contribution >= 0.6 is 0 Å². The van der Waals surface area contributed by atoms with Gasteiger partial charge in [-0.25, -0.2) is 0 Å². The lowest BCUT2D eigenvalue weighted by atomic mass is 9.96. The van der Waals surface area contributed by atoms with Gasteiger partial charge in [0, 0.05) is 33.8 Å². The number of H-pyrrole nitrogens is 1. The fourth-order valence-corrected chi connectivity index (χ4v) is 2.46. The van der Waals surface area contributed by atoms with Crippen molar-refractivity contribution in [1.29, 1.82) is 10.8 Å². The van der Waals surface area contributed by atoms with Gasteiger partial charge in [-0.2, -0.15) is 0 Å². The molecule has 1 aromatic heterocycles. The molecule has 3 rings (SSSR count). The van der Waals surface area contributed by atoms with Gasteiger partial charge in [0.1, 0.15) is 11.7 Å². The third kappa shape index (κ3) is 2.14. The molecule has 1 heterocycles. The molecule has 7 N–H and O–H groups in total. The molecule has 0 bridgehead atoms. The van der Waals surface area contributed by atoms with Crippen LogP contribution in [-0.2, 0) is 0 Å². The molecule has 0 radical (unpaired) electrons. The Bertz CT molecular complexity index is 860. The molecule has 0 saturated carbocycles. The number of para-hydroxylation sites is 1. The Labute approximate surface area is 121 Å². The number of hydrogen-bond donors (Lipinski definition) is 5. The van der Waals surface area contributed by atoms with E-state index in [-0.39, 0.29) is 11.7 Å². The summed E-state index contributed by atoms with van der Waals surface area (Å²) in [4.78, 5) is 3.21. The molecule has 104 valence electrons. The van der Waals surface area contributed by atoms with Gasteiger partial charge in [0.15, 0.2) is 0 Å². The summed E-state index contributed by atoms with van der Waals surface area (Å²) in [6.45, 7) is 0. The molecule has 0 amide bonds. The normalized spacial score (nSPS) is 10.7. The highest BCUT2D eigenvalue weighted by Gasteiger charge is 2.13. The lowest BCUT2D eigenvalue weighted by Gasteiger charge is -2.10. The van der Waals surface area contributed by atoms with Crippen LogP contribution < -0.4 is 11.5 Å². The second-order valence-electron chi connectivity index (χ2n) is 4.84. The highest BCUT2D eigenvalue weighted by molar-refractivity contribution is 6.08. The molecule has 5 heteroatoms. The largest absolute Gasteiger partial charge is 0.384 e. The quantitative estimate of drug-likeness (QED) is 0.373. The number of nitrogen functional groups attached to an aromatic ring is 2. The maximum atomic E-state index is 7.78. The SMILES string of the molecule is N=C(N)c1ccc(-c2c[nH]c3ccccc23)c(C(=N)N)c1. The molecule has 21 heavy (non-hydrogen) atoms. The maximum Gasteiger partial charge on any atom is 0.123 e. The lowest BCUT2D eigenvalue weighted by molar-refractivity contribution is 1.39. The van der Waals surface area contributed by atoms with Gasteiger partial charge in [0.25, 0.3) is 0 Å². The van der Waals surface area contributed by atoms with E-state index in [0.29, 0.717) is 11.1 Å². The van der Waals surface area contributed by atoms with Crippen molar-refractivity contribution in [3.05, 3.63) is 59.8 Å². The van der Waals surface area contributed by atoms with Crippen LogP contribution in [0.1, 0.15) is 11.1 Å². The van der Waals surface area contributed by atoms with Gasteiger partial charge in [0.2, 0.25) is 0 Å². The zero-order chi connectivity index (χ0) is 15.0. The summed E-state index contributed by atoms with van der Waals surface area (Å²) in [7, 11) is 0. The van der Waals surface area contributed by atoms with Crippen molar-refractivity contribution in [2.24, 2.45) is 11.5 Å². The third-order valence-corrected chi connectivity index (χ3v) is 3.50. The second-order valence-corrected chi connectivity index (χ2v) is 4.84. The second kappa shape index (κ2) is 4.79. The van der Waals surface area contributed by atoms with E-state index in [1.807, 2.05) is 36.5 Å². The van der Waals surface area contributed by atoms with E-state index in [4.69, 9.17) is 22.3 Å². The number of aromatic amines is 1. The topological polar surface area (TPSA) is 116 Å². The first-order chi connectivity index (χ1) is 10.1. The number of nitrogens with one attached hydrogen (secondary N) is 3. The first-order valence-electron chi connectivity index (χ1n) is 6.47. The number of amidine groups is 2. The van der Waals surface area contributed by atoms with Crippen molar-refractivity contribution in [2.45, 2.75) is 0 Å². The summed E-state index contributed by atoms with van der Waals surface area (Å²) in [5.41, 5.74) is 15.2. The van der Waals surface area contributed by atoms with E-state index in [9.17, 15) is 0 Å². The van der Waals surface area contributed by atoms with Gasteiger partial charge in [-0.3, -0.25) is 10.8 Å². The number of hydrogen-bond acceptors (Lipinski definition) is 2. The molecule has 3 aromatic rings. The summed E-state index contributed by atoms with van der Waals surface area (Å²) >= 11 is 0. The van der Waals surface area contributed by atoms with Crippen LogP contribution in [0, 0.1) is 10.8 Å². The molecule has 0 atom stereocenters. The van der Waals surface area contributed by atoms with Gasteiger partial charge in [0.05, 0.1) is 0 Å². The van der Waals surface area contributed by atoms with Crippen molar-refractivity contribution >= 4 is 22.6 Å². The van der Waals surface area contributed by atoms with Gasteiger partial charge in [-0.1, -0.05) is 30.3 Å². The standard InChI is InChI=1S/C16H15N5/c17-15(18)9-5-6-10(12(7-9)16(19)20)13-8-21-14-4-2-1-3-11(13)14/h1-8,21H,(H3,17,18)(H3,19,20). The van der Waals surface area contributed by atoms with Crippen molar-refractivity contribution < 1.29 is 0 Å². The van der Waals surface area contributed by atoms with Crippen LogP contribution in [0.4, 0.5) is 0 Å². The molecule has 0 aliphatic carbocycles. The van der Waals surface area contributed by atoms with Gasteiger partial charge in [-0.05, 0) is 17.7 Å². The van der Waals surface area contributed by atoms with Crippen molar-refractivity contribution in [3.8, 4) is 11.1 Å². The molecular weight excluding hydrogens is 262 g/mol. The Morgan fingerprint density at radius 3 is 2.38 bits per heavy atom. The van der Waals surface area contributed by atoms with Crippen LogP contribution in [0.2, 0.25) is 0 Å². The number of nitrogens with two attached hydrogens (primary N) is 2. The Morgan fingerprint density at radius 2 is 1.67 bits per heavy atom. The first kappa shape index (κ1) is 12.9. The Hall–Kier alpha value is -3.08.